The highest BCUT2D eigenvalue weighted by atomic mass is 35.5. The number of ether oxygens (including phenoxy) is 1. The number of nitrogens with one attached hydrogen (secondary N) is 1. The molecule has 0 spiro atoms. The van der Waals surface area contributed by atoms with Crippen LogP contribution >= 0.6 is 23.2 Å². The molecule has 43 heavy (non-hydrogen) atoms. The molecule has 0 bridgehead atoms. The van der Waals surface area contributed by atoms with E-state index in [2.05, 4.69) is 15.3 Å². The summed E-state index contributed by atoms with van der Waals surface area (Å²) in [6.07, 6.45) is 0.807. The normalized spacial score (nSPS) is 11.9. The number of aromatic nitrogens is 2. The van der Waals surface area contributed by atoms with Gasteiger partial charge in [-0.2, -0.15) is 4.98 Å². The largest absolute Gasteiger partial charge is 0.480 e. The zero-order chi connectivity index (χ0) is 31.9. The maximum absolute atomic E-state index is 13.8. The molecule has 1 unspecified atom stereocenters. The third-order valence-corrected chi connectivity index (χ3v) is 8.63. The number of benzene rings is 2. The Morgan fingerprint density at radius 3 is 2.12 bits per heavy atom. The van der Waals surface area contributed by atoms with Crippen LogP contribution in [-0.4, -0.2) is 80.2 Å². The van der Waals surface area contributed by atoms with Gasteiger partial charge in [0.05, 0.1) is 11.1 Å². The number of carbonyl (C=O) groups excluding carboxylic acids is 1. The lowest BCUT2D eigenvalue weighted by Gasteiger charge is -2.27. The monoisotopic (exact) mass is 652 g/mol. The second-order valence-electron chi connectivity index (χ2n) is 9.50. The van der Waals surface area contributed by atoms with Crippen molar-refractivity contribution in [3.63, 3.8) is 0 Å². The Hall–Kier alpha value is -3.81. The molecule has 2 N–H and O–H groups in total. The number of halogens is 2. The Morgan fingerprint density at radius 1 is 1.00 bits per heavy atom. The molecular formula is C28H34Cl2N6O6S. The minimum absolute atomic E-state index is 0.00403. The van der Waals surface area contributed by atoms with Gasteiger partial charge in [0.25, 0.3) is 10.0 Å². The second-order valence-corrected chi connectivity index (χ2v) is 12.2. The van der Waals surface area contributed by atoms with E-state index in [1.807, 2.05) is 18.7 Å². The Labute approximate surface area is 261 Å². The first kappa shape index (κ1) is 33.7. The first-order valence-electron chi connectivity index (χ1n) is 13.4. The fourth-order valence-electron chi connectivity index (χ4n) is 4.07. The SMILES string of the molecule is CCN(CC)c1ncc(N(CC)S(=O)(=O)c2cc(Cl)cc(Cl)c2)c(NC(Cc2ccc(OC(=O)N(C)C)cc2)C(=O)O)n1. The number of amides is 1. The summed E-state index contributed by atoms with van der Waals surface area (Å²) in [5.41, 5.74) is 0.671. The third-order valence-electron chi connectivity index (χ3n) is 6.33. The molecule has 1 atom stereocenters. The van der Waals surface area contributed by atoms with Gasteiger partial charge in [-0.1, -0.05) is 35.3 Å². The van der Waals surface area contributed by atoms with Crippen LogP contribution in [0.3, 0.4) is 0 Å². The third kappa shape index (κ3) is 8.39. The van der Waals surface area contributed by atoms with E-state index < -0.39 is 28.1 Å². The maximum Gasteiger partial charge on any atom is 0.414 e. The predicted octanol–water partition coefficient (Wildman–Crippen LogP) is 5.01. The highest BCUT2D eigenvalue weighted by molar-refractivity contribution is 7.92. The van der Waals surface area contributed by atoms with Gasteiger partial charge in [0.1, 0.15) is 17.5 Å². The quantitative estimate of drug-likeness (QED) is 0.258. The van der Waals surface area contributed by atoms with Gasteiger partial charge in [-0.25, -0.2) is 23.0 Å². The van der Waals surface area contributed by atoms with Crippen LogP contribution in [0.1, 0.15) is 26.3 Å². The summed E-state index contributed by atoms with van der Waals surface area (Å²) in [6.45, 7) is 6.57. The molecule has 0 fully saturated rings. The van der Waals surface area contributed by atoms with E-state index in [1.54, 1.807) is 45.3 Å². The molecule has 1 aromatic heterocycles. The number of hydrogen-bond donors (Lipinski definition) is 2. The highest BCUT2D eigenvalue weighted by Gasteiger charge is 2.30. The van der Waals surface area contributed by atoms with Crippen LogP contribution < -0.4 is 19.3 Å². The van der Waals surface area contributed by atoms with E-state index in [0.29, 0.717) is 30.4 Å². The van der Waals surface area contributed by atoms with Crippen LogP contribution in [0.5, 0.6) is 5.75 Å². The Kier molecular flexibility index (Phi) is 11.4. The fourth-order valence-corrected chi connectivity index (χ4v) is 6.27. The van der Waals surface area contributed by atoms with Gasteiger partial charge in [0, 0.05) is 50.2 Å². The van der Waals surface area contributed by atoms with Gasteiger partial charge in [-0.15, -0.1) is 0 Å². The molecular weight excluding hydrogens is 619 g/mol. The van der Waals surface area contributed by atoms with E-state index in [4.69, 9.17) is 27.9 Å². The number of sulfonamides is 1. The lowest BCUT2D eigenvalue weighted by atomic mass is 10.1. The molecule has 1 amide bonds. The average molecular weight is 654 g/mol. The minimum Gasteiger partial charge on any atom is -0.480 e. The number of carboxylic acids is 1. The predicted molar refractivity (Wildman–Crippen MR) is 167 cm³/mol. The van der Waals surface area contributed by atoms with Crippen molar-refractivity contribution >= 4 is 62.7 Å². The number of carbonyl (C=O) groups is 2. The Morgan fingerprint density at radius 2 is 1.60 bits per heavy atom. The van der Waals surface area contributed by atoms with Crippen LogP contribution in [0.15, 0.2) is 53.6 Å². The molecule has 0 saturated carbocycles. The number of rotatable bonds is 13. The maximum atomic E-state index is 13.8. The molecule has 2 aromatic carbocycles. The molecule has 3 aromatic rings. The van der Waals surface area contributed by atoms with Gasteiger partial charge < -0.3 is 25.0 Å². The van der Waals surface area contributed by atoms with Crippen LogP contribution in [0, 0.1) is 0 Å². The molecule has 0 aliphatic rings. The summed E-state index contributed by atoms with van der Waals surface area (Å²) >= 11 is 12.2. The first-order chi connectivity index (χ1) is 20.3. The van der Waals surface area contributed by atoms with E-state index in [1.165, 1.54) is 29.3 Å². The van der Waals surface area contributed by atoms with Crippen molar-refractivity contribution in [3.05, 3.63) is 64.3 Å². The summed E-state index contributed by atoms with van der Waals surface area (Å²) in [7, 11) is -1.10. The molecule has 232 valence electrons. The topological polar surface area (TPSA) is 145 Å². The zero-order valence-electron chi connectivity index (χ0n) is 24.4. The molecule has 0 aliphatic carbocycles. The highest BCUT2D eigenvalue weighted by Crippen LogP contribution is 2.33. The zero-order valence-corrected chi connectivity index (χ0v) is 26.7. The van der Waals surface area contributed by atoms with Gasteiger partial charge >= 0.3 is 12.1 Å². The van der Waals surface area contributed by atoms with Crippen molar-refractivity contribution in [2.75, 3.05) is 48.3 Å². The van der Waals surface area contributed by atoms with Crippen LogP contribution in [-0.2, 0) is 21.2 Å². The van der Waals surface area contributed by atoms with Gasteiger partial charge in [-0.3, -0.25) is 4.31 Å². The molecule has 0 aliphatic heterocycles. The van der Waals surface area contributed by atoms with Gasteiger partial charge in [0.2, 0.25) is 5.95 Å². The Bertz CT molecular complexity index is 1530. The van der Waals surface area contributed by atoms with Gasteiger partial charge in [0.15, 0.2) is 5.82 Å². The summed E-state index contributed by atoms with van der Waals surface area (Å²) in [5.74, 6) is -0.579. The van der Waals surface area contributed by atoms with Crippen LogP contribution in [0.4, 0.5) is 22.2 Å². The van der Waals surface area contributed by atoms with Crippen molar-refractivity contribution in [2.24, 2.45) is 0 Å². The summed E-state index contributed by atoms with van der Waals surface area (Å²) in [4.78, 5) is 36.2. The van der Waals surface area contributed by atoms with Crippen molar-refractivity contribution in [2.45, 2.75) is 38.1 Å². The summed E-state index contributed by atoms with van der Waals surface area (Å²) in [6, 6.07) is 9.18. The van der Waals surface area contributed by atoms with Crippen LogP contribution in [0.25, 0.3) is 0 Å². The van der Waals surface area contributed by atoms with Crippen molar-refractivity contribution in [3.8, 4) is 5.75 Å². The smallest absolute Gasteiger partial charge is 0.414 e. The van der Waals surface area contributed by atoms with Crippen LogP contribution in [0.2, 0.25) is 10.0 Å². The fraction of sp³-hybridized carbons (Fsp3) is 0.357. The number of anilines is 3. The lowest BCUT2D eigenvalue weighted by molar-refractivity contribution is -0.137. The molecule has 3 rings (SSSR count). The number of nitrogens with zero attached hydrogens (tertiary/aromatic N) is 5. The van der Waals surface area contributed by atoms with E-state index in [-0.39, 0.29) is 39.4 Å². The average Bonchev–Trinajstić information content (AvgIpc) is 2.95. The number of hydrogen-bond acceptors (Lipinski definition) is 9. The summed E-state index contributed by atoms with van der Waals surface area (Å²) in [5, 5.41) is 13.4. The van der Waals surface area contributed by atoms with Crippen molar-refractivity contribution < 1.29 is 27.9 Å². The molecule has 0 radical (unpaired) electrons. The lowest BCUT2D eigenvalue weighted by Crippen LogP contribution is -2.36. The molecule has 0 saturated heterocycles. The molecule has 1 heterocycles. The molecule has 12 nitrogen and oxygen atoms in total. The summed E-state index contributed by atoms with van der Waals surface area (Å²) < 4.78 is 33.8. The number of aliphatic carboxylic acids is 1. The first-order valence-corrected chi connectivity index (χ1v) is 15.6. The van der Waals surface area contributed by atoms with E-state index in [0.717, 1.165) is 4.31 Å². The minimum atomic E-state index is -4.21. The standard InChI is InChI=1S/C28H34Cl2N6O6S/c1-6-35(7-2)27-31-17-24(36(8-3)43(40,41)22-15-19(29)14-20(30)16-22)25(33-27)32-23(26(37)38)13-18-9-11-21(12-10-18)42-28(39)34(4)5/h9-12,14-17,23H,6-8,13H2,1-5H3,(H,37,38)(H,31,32,33). The van der Waals surface area contributed by atoms with E-state index in [9.17, 15) is 23.1 Å². The van der Waals surface area contributed by atoms with E-state index >= 15 is 0 Å². The van der Waals surface area contributed by atoms with Crippen molar-refractivity contribution in [1.29, 1.82) is 0 Å². The second kappa shape index (κ2) is 14.6. The van der Waals surface area contributed by atoms with Crippen molar-refractivity contribution in [1.82, 2.24) is 14.9 Å². The van der Waals surface area contributed by atoms with Gasteiger partial charge in [-0.05, 0) is 56.7 Å². The molecule has 15 heteroatoms. The number of carboxylic acid groups (broad SMARTS) is 1. The Balaban J connectivity index is 2.03.